The monoisotopic (exact) mass is 339 g/mol. The van der Waals surface area contributed by atoms with E-state index >= 15 is 0 Å². The van der Waals surface area contributed by atoms with Gasteiger partial charge in [0.25, 0.3) is 5.91 Å². The van der Waals surface area contributed by atoms with Crippen molar-refractivity contribution in [2.75, 3.05) is 19.6 Å². The lowest BCUT2D eigenvalue weighted by Crippen LogP contribution is -2.39. The van der Waals surface area contributed by atoms with Gasteiger partial charge >= 0.3 is 0 Å². The van der Waals surface area contributed by atoms with Gasteiger partial charge in [0.15, 0.2) is 6.19 Å². The van der Waals surface area contributed by atoms with E-state index in [-0.39, 0.29) is 17.8 Å². The Kier molecular flexibility index (Phi) is 3.68. The molecule has 0 aliphatic carbocycles. The van der Waals surface area contributed by atoms with E-state index in [9.17, 15) is 9.18 Å². The number of nitrogens with zero attached hydrogens (tertiary/aromatic N) is 5. The zero-order valence-corrected chi connectivity index (χ0v) is 13.9. The van der Waals surface area contributed by atoms with Gasteiger partial charge in [-0.1, -0.05) is 0 Å². The molecule has 0 N–H and O–H groups in total. The van der Waals surface area contributed by atoms with Crippen molar-refractivity contribution in [3.8, 4) is 17.3 Å². The molecule has 1 aromatic carbocycles. The third-order valence-corrected chi connectivity index (χ3v) is 5.18. The van der Waals surface area contributed by atoms with Crippen LogP contribution in [-0.4, -0.2) is 51.2 Å². The molecule has 7 heteroatoms. The molecule has 2 aliphatic heterocycles. The third-order valence-electron chi connectivity index (χ3n) is 5.18. The minimum atomic E-state index is -0.375. The van der Waals surface area contributed by atoms with E-state index in [1.807, 2.05) is 4.90 Å². The van der Waals surface area contributed by atoms with Crippen LogP contribution in [0.4, 0.5) is 4.39 Å². The highest BCUT2D eigenvalue weighted by Gasteiger charge is 2.43. The molecule has 6 nitrogen and oxygen atoms in total. The maximum Gasteiger partial charge on any atom is 0.254 e. The van der Waals surface area contributed by atoms with Crippen LogP contribution < -0.4 is 0 Å². The molecule has 4 rings (SSSR count). The lowest BCUT2D eigenvalue weighted by molar-refractivity contribution is 0.0731. The molecule has 0 bridgehead atoms. The number of fused-ring (bicyclic) bond motifs is 1. The average Bonchev–Trinajstić information content (AvgIpc) is 3.29. The van der Waals surface area contributed by atoms with E-state index in [0.29, 0.717) is 35.7 Å². The van der Waals surface area contributed by atoms with Crippen molar-refractivity contribution in [2.45, 2.75) is 12.5 Å². The van der Waals surface area contributed by atoms with Crippen molar-refractivity contribution in [3.05, 3.63) is 42.0 Å². The minimum Gasteiger partial charge on any atom is -0.333 e. The van der Waals surface area contributed by atoms with Crippen LogP contribution in [-0.2, 0) is 7.05 Å². The van der Waals surface area contributed by atoms with Crippen LogP contribution in [0.15, 0.2) is 30.6 Å². The number of hydrogen-bond donors (Lipinski definition) is 0. The molecule has 2 aromatic rings. The highest BCUT2D eigenvalue weighted by Crippen LogP contribution is 2.33. The Bertz CT molecular complexity index is 871. The summed E-state index contributed by atoms with van der Waals surface area (Å²) in [4.78, 5) is 16.5. The van der Waals surface area contributed by atoms with E-state index in [4.69, 9.17) is 5.26 Å². The molecule has 0 radical (unpaired) electrons. The first-order chi connectivity index (χ1) is 12.1. The predicted molar refractivity (Wildman–Crippen MR) is 88.7 cm³/mol. The summed E-state index contributed by atoms with van der Waals surface area (Å²) in [5.74, 6) is -0.125. The van der Waals surface area contributed by atoms with Gasteiger partial charge in [-0.15, -0.1) is 0 Å². The van der Waals surface area contributed by atoms with Gasteiger partial charge < -0.3 is 9.80 Å². The van der Waals surface area contributed by atoms with Crippen LogP contribution in [0.1, 0.15) is 16.8 Å². The first kappa shape index (κ1) is 15.6. The lowest BCUT2D eigenvalue weighted by Gasteiger charge is -2.24. The van der Waals surface area contributed by atoms with Crippen molar-refractivity contribution < 1.29 is 9.18 Å². The molecular formula is C18H18FN5O. The molecule has 0 spiro atoms. The maximum atomic E-state index is 14.2. The fraction of sp³-hybridized carbons (Fsp3) is 0.389. The van der Waals surface area contributed by atoms with Crippen LogP contribution >= 0.6 is 0 Å². The Labute approximate surface area is 145 Å². The Morgan fingerprint density at radius 3 is 2.96 bits per heavy atom. The molecule has 2 saturated heterocycles. The Balaban J connectivity index is 1.62. The van der Waals surface area contributed by atoms with Crippen molar-refractivity contribution in [1.82, 2.24) is 19.6 Å². The lowest BCUT2D eigenvalue weighted by atomic mass is 10.0. The van der Waals surface area contributed by atoms with E-state index < -0.39 is 0 Å². The van der Waals surface area contributed by atoms with Gasteiger partial charge in [0.1, 0.15) is 5.82 Å². The van der Waals surface area contributed by atoms with Crippen molar-refractivity contribution in [2.24, 2.45) is 13.0 Å². The van der Waals surface area contributed by atoms with Gasteiger partial charge in [-0.3, -0.25) is 9.48 Å². The molecule has 1 amide bonds. The number of amides is 1. The summed E-state index contributed by atoms with van der Waals surface area (Å²) >= 11 is 0. The van der Waals surface area contributed by atoms with Crippen LogP contribution in [0, 0.1) is 23.2 Å². The number of hydrogen-bond acceptors (Lipinski definition) is 4. The number of carbonyl (C=O) groups is 1. The molecule has 2 unspecified atom stereocenters. The van der Waals surface area contributed by atoms with E-state index in [2.05, 4.69) is 11.3 Å². The SMILES string of the molecule is Cn1cc(-c2cc(C(=O)N3CCC4CN(C#N)CC43)ccc2F)cn1. The highest BCUT2D eigenvalue weighted by atomic mass is 19.1. The van der Waals surface area contributed by atoms with Gasteiger partial charge in [0, 0.05) is 55.5 Å². The number of carbonyl (C=O) groups excluding carboxylic acids is 1. The molecule has 128 valence electrons. The Morgan fingerprint density at radius 2 is 2.24 bits per heavy atom. The van der Waals surface area contributed by atoms with Crippen LogP contribution in [0.25, 0.3) is 11.1 Å². The quantitative estimate of drug-likeness (QED) is 0.784. The zero-order chi connectivity index (χ0) is 17.6. The van der Waals surface area contributed by atoms with Gasteiger partial charge in [-0.25, -0.2) is 4.39 Å². The number of aromatic nitrogens is 2. The molecule has 0 saturated carbocycles. The predicted octanol–water partition coefficient (Wildman–Crippen LogP) is 1.85. The summed E-state index contributed by atoms with van der Waals surface area (Å²) in [6.45, 7) is 1.99. The maximum absolute atomic E-state index is 14.2. The molecule has 1 aromatic heterocycles. The van der Waals surface area contributed by atoms with E-state index in [1.165, 1.54) is 12.1 Å². The fourth-order valence-corrected chi connectivity index (χ4v) is 3.90. The molecule has 3 heterocycles. The standard InChI is InChI=1S/C18H18FN5O/c1-22-8-14(7-21-22)15-6-12(2-3-16(15)19)18(25)24-5-4-13-9-23(11-20)10-17(13)24/h2-3,6-8,13,17H,4-5,9-10H2,1H3. The number of nitriles is 1. The van der Waals surface area contributed by atoms with Crippen molar-refractivity contribution in [1.29, 1.82) is 5.26 Å². The molecule has 25 heavy (non-hydrogen) atoms. The first-order valence-electron chi connectivity index (χ1n) is 8.31. The number of likely N-dealkylation sites (tertiary alicyclic amines) is 2. The normalized spacial score (nSPS) is 22.1. The summed E-state index contributed by atoms with van der Waals surface area (Å²) in [7, 11) is 1.77. The molecule has 2 fully saturated rings. The Hall–Kier alpha value is -2.88. The topological polar surface area (TPSA) is 65.2 Å². The van der Waals surface area contributed by atoms with Crippen molar-refractivity contribution in [3.63, 3.8) is 0 Å². The number of benzene rings is 1. The van der Waals surface area contributed by atoms with Crippen LogP contribution in [0.5, 0.6) is 0 Å². The molecule has 2 atom stereocenters. The van der Waals surface area contributed by atoms with Crippen LogP contribution in [0.2, 0.25) is 0 Å². The zero-order valence-electron chi connectivity index (χ0n) is 13.9. The largest absolute Gasteiger partial charge is 0.333 e. The number of rotatable bonds is 2. The van der Waals surface area contributed by atoms with Gasteiger partial charge in [-0.05, 0) is 24.6 Å². The van der Waals surface area contributed by atoms with Crippen molar-refractivity contribution >= 4 is 5.91 Å². The summed E-state index contributed by atoms with van der Waals surface area (Å²) in [6.07, 6.45) is 6.38. The molecular weight excluding hydrogens is 321 g/mol. The second-order valence-corrected chi connectivity index (χ2v) is 6.72. The van der Waals surface area contributed by atoms with E-state index in [0.717, 1.165) is 13.0 Å². The molecule has 2 aliphatic rings. The second-order valence-electron chi connectivity index (χ2n) is 6.72. The smallest absolute Gasteiger partial charge is 0.254 e. The van der Waals surface area contributed by atoms with Gasteiger partial charge in [0.2, 0.25) is 0 Å². The third kappa shape index (κ3) is 2.64. The highest BCUT2D eigenvalue weighted by molar-refractivity contribution is 5.96. The summed E-state index contributed by atoms with van der Waals surface area (Å²) in [5, 5.41) is 13.1. The van der Waals surface area contributed by atoms with Gasteiger partial charge in [0.05, 0.1) is 12.2 Å². The number of aryl methyl sites for hydroxylation is 1. The number of halogens is 1. The summed E-state index contributed by atoms with van der Waals surface area (Å²) in [5.41, 5.74) is 1.49. The van der Waals surface area contributed by atoms with E-state index in [1.54, 1.807) is 35.1 Å². The second kappa shape index (κ2) is 5.88. The fourth-order valence-electron chi connectivity index (χ4n) is 3.90. The summed E-state index contributed by atoms with van der Waals surface area (Å²) < 4.78 is 15.8. The average molecular weight is 339 g/mol. The Morgan fingerprint density at radius 1 is 1.40 bits per heavy atom. The van der Waals surface area contributed by atoms with Crippen LogP contribution in [0.3, 0.4) is 0 Å². The summed E-state index contributed by atoms with van der Waals surface area (Å²) in [6, 6.07) is 4.53. The minimum absolute atomic E-state index is 0.0686. The van der Waals surface area contributed by atoms with Gasteiger partial charge in [-0.2, -0.15) is 10.4 Å². The first-order valence-corrected chi connectivity index (χ1v) is 8.31.